The molecule has 3 aromatic carbocycles. The number of carbonyl (C=O) groups excluding carboxylic acids is 1. The largest absolute Gasteiger partial charge is 0.489 e. The zero-order valence-electron chi connectivity index (χ0n) is 18.4. The Kier molecular flexibility index (Phi) is 6.91. The number of rotatable bonds is 7. The number of nitrogens with zero attached hydrogens (tertiary/aromatic N) is 1. The molecule has 0 bridgehead atoms. The van der Waals surface area contributed by atoms with Crippen LogP contribution in [0.2, 0.25) is 0 Å². The number of alkyl halides is 3. The zero-order chi connectivity index (χ0) is 24.1. The third-order valence-corrected chi connectivity index (χ3v) is 5.67. The fourth-order valence-electron chi connectivity index (χ4n) is 4.05. The maximum absolute atomic E-state index is 13.2. The number of benzene rings is 3. The predicted molar refractivity (Wildman–Crippen MR) is 122 cm³/mol. The van der Waals surface area contributed by atoms with E-state index in [0.29, 0.717) is 23.7 Å². The SMILES string of the molecule is C=C[C@@H]1c2c(cc(OCc3ccccc3)cc2OCc2ccccc2)CCN1C(=O)C(F)(F)F. The van der Waals surface area contributed by atoms with E-state index in [1.165, 1.54) is 6.08 Å². The minimum absolute atomic E-state index is 0.0811. The molecule has 4 rings (SSSR count). The lowest BCUT2D eigenvalue weighted by atomic mass is 9.91. The molecule has 0 saturated carbocycles. The van der Waals surface area contributed by atoms with E-state index >= 15 is 0 Å². The van der Waals surface area contributed by atoms with Crippen molar-refractivity contribution in [1.82, 2.24) is 4.90 Å². The summed E-state index contributed by atoms with van der Waals surface area (Å²) in [6.45, 7) is 4.18. The summed E-state index contributed by atoms with van der Waals surface area (Å²) in [7, 11) is 0. The number of halogens is 3. The fourth-order valence-corrected chi connectivity index (χ4v) is 4.05. The van der Waals surface area contributed by atoms with Crippen LogP contribution < -0.4 is 9.47 Å². The summed E-state index contributed by atoms with van der Waals surface area (Å²) in [5.41, 5.74) is 3.16. The van der Waals surface area contributed by atoms with E-state index in [9.17, 15) is 18.0 Å². The van der Waals surface area contributed by atoms with Gasteiger partial charge in [0.25, 0.3) is 0 Å². The van der Waals surface area contributed by atoms with Gasteiger partial charge in [-0.3, -0.25) is 4.79 Å². The Balaban J connectivity index is 1.68. The molecule has 0 unspecified atom stereocenters. The van der Waals surface area contributed by atoms with Gasteiger partial charge in [-0.05, 0) is 29.2 Å². The third kappa shape index (κ3) is 5.25. The Morgan fingerprint density at radius 2 is 1.56 bits per heavy atom. The van der Waals surface area contributed by atoms with Crippen LogP contribution in [0.25, 0.3) is 0 Å². The lowest BCUT2D eigenvalue weighted by Crippen LogP contribution is -2.46. The first-order valence-electron chi connectivity index (χ1n) is 10.9. The van der Waals surface area contributed by atoms with E-state index in [1.54, 1.807) is 12.1 Å². The predicted octanol–water partition coefficient (Wildman–Crippen LogP) is 6.02. The molecule has 7 heteroatoms. The molecule has 1 aliphatic rings. The molecule has 176 valence electrons. The van der Waals surface area contributed by atoms with E-state index in [-0.39, 0.29) is 19.6 Å². The first kappa shape index (κ1) is 23.4. The Hall–Kier alpha value is -3.74. The van der Waals surface area contributed by atoms with Gasteiger partial charge >= 0.3 is 12.1 Å². The Labute approximate surface area is 196 Å². The Bertz CT molecular complexity index is 1150. The zero-order valence-corrected chi connectivity index (χ0v) is 18.4. The van der Waals surface area contributed by atoms with Gasteiger partial charge in [0.15, 0.2) is 0 Å². The van der Waals surface area contributed by atoms with E-state index in [0.717, 1.165) is 21.6 Å². The van der Waals surface area contributed by atoms with Crippen LogP contribution in [0.4, 0.5) is 13.2 Å². The second kappa shape index (κ2) is 10.0. The van der Waals surface area contributed by atoms with Crippen molar-refractivity contribution in [3.63, 3.8) is 0 Å². The molecular weight excluding hydrogens is 443 g/mol. The molecule has 0 aromatic heterocycles. The molecule has 1 atom stereocenters. The molecule has 4 nitrogen and oxygen atoms in total. The smallest absolute Gasteiger partial charge is 0.471 e. The van der Waals surface area contributed by atoms with Crippen LogP contribution in [0.5, 0.6) is 11.5 Å². The number of carbonyl (C=O) groups is 1. The molecular formula is C27H24F3NO3. The third-order valence-electron chi connectivity index (χ3n) is 5.67. The van der Waals surface area contributed by atoms with Crippen molar-refractivity contribution < 1.29 is 27.4 Å². The summed E-state index contributed by atoms with van der Waals surface area (Å²) < 4.78 is 51.8. The topological polar surface area (TPSA) is 38.8 Å². The molecule has 1 amide bonds. The Morgan fingerprint density at radius 3 is 2.12 bits per heavy atom. The molecule has 34 heavy (non-hydrogen) atoms. The highest BCUT2D eigenvalue weighted by molar-refractivity contribution is 5.83. The highest BCUT2D eigenvalue weighted by Gasteiger charge is 2.46. The summed E-state index contributed by atoms with van der Waals surface area (Å²) in [5.74, 6) is -0.973. The second-order valence-corrected chi connectivity index (χ2v) is 7.97. The average molecular weight is 467 g/mol. The van der Waals surface area contributed by atoms with E-state index in [2.05, 4.69) is 6.58 Å². The van der Waals surface area contributed by atoms with Gasteiger partial charge in [0.2, 0.25) is 0 Å². The van der Waals surface area contributed by atoms with Crippen LogP contribution >= 0.6 is 0 Å². The van der Waals surface area contributed by atoms with Gasteiger partial charge in [-0.2, -0.15) is 13.2 Å². The summed E-state index contributed by atoms with van der Waals surface area (Å²) in [6, 6.07) is 21.6. The number of ether oxygens (including phenoxy) is 2. The first-order valence-corrected chi connectivity index (χ1v) is 10.9. The summed E-state index contributed by atoms with van der Waals surface area (Å²) in [5, 5.41) is 0. The molecule has 0 radical (unpaired) electrons. The normalized spacial score (nSPS) is 15.4. The standard InChI is InChI=1S/C27H24F3NO3/c1-2-23-25-21(13-14-31(23)26(32)27(28,29)30)15-22(33-17-19-9-5-3-6-10-19)16-24(25)34-18-20-11-7-4-8-12-20/h2-12,15-16,23H,1,13-14,17-18H2/t23-/m1/s1. The highest BCUT2D eigenvalue weighted by atomic mass is 19.4. The lowest BCUT2D eigenvalue weighted by molar-refractivity contribution is -0.187. The minimum Gasteiger partial charge on any atom is -0.489 e. The van der Waals surface area contributed by atoms with Crippen molar-refractivity contribution >= 4 is 5.91 Å². The van der Waals surface area contributed by atoms with Gasteiger partial charge in [0, 0.05) is 18.2 Å². The van der Waals surface area contributed by atoms with Crippen molar-refractivity contribution in [1.29, 1.82) is 0 Å². The van der Waals surface area contributed by atoms with Crippen molar-refractivity contribution in [2.45, 2.75) is 31.9 Å². The van der Waals surface area contributed by atoms with Gasteiger partial charge in [-0.1, -0.05) is 66.7 Å². The van der Waals surface area contributed by atoms with Crippen LogP contribution in [0, 0.1) is 0 Å². The Morgan fingerprint density at radius 1 is 0.971 bits per heavy atom. The van der Waals surface area contributed by atoms with Gasteiger partial charge in [-0.25, -0.2) is 0 Å². The van der Waals surface area contributed by atoms with Crippen LogP contribution in [0.1, 0.15) is 28.3 Å². The monoisotopic (exact) mass is 467 g/mol. The summed E-state index contributed by atoms with van der Waals surface area (Å²) in [4.78, 5) is 12.9. The second-order valence-electron chi connectivity index (χ2n) is 7.97. The molecule has 0 fully saturated rings. The maximum atomic E-state index is 13.2. The fraction of sp³-hybridized carbons (Fsp3) is 0.222. The lowest BCUT2D eigenvalue weighted by Gasteiger charge is -2.37. The molecule has 0 N–H and O–H groups in total. The average Bonchev–Trinajstić information content (AvgIpc) is 2.85. The highest BCUT2D eigenvalue weighted by Crippen LogP contribution is 2.42. The summed E-state index contributed by atoms with van der Waals surface area (Å²) in [6.07, 6.45) is -3.38. The van der Waals surface area contributed by atoms with Crippen molar-refractivity contribution in [2.24, 2.45) is 0 Å². The molecule has 1 heterocycles. The van der Waals surface area contributed by atoms with Gasteiger partial charge in [-0.15, -0.1) is 6.58 Å². The number of amides is 1. The molecule has 3 aromatic rings. The number of hydrogen-bond donors (Lipinski definition) is 0. The molecule has 0 spiro atoms. The van der Waals surface area contributed by atoms with Gasteiger partial charge in [0.05, 0.1) is 6.04 Å². The molecule has 1 aliphatic heterocycles. The van der Waals surface area contributed by atoms with Crippen LogP contribution in [0.15, 0.2) is 85.5 Å². The number of hydrogen-bond acceptors (Lipinski definition) is 3. The number of fused-ring (bicyclic) bond motifs is 1. The van der Waals surface area contributed by atoms with Crippen molar-refractivity contribution in [2.75, 3.05) is 6.54 Å². The summed E-state index contributed by atoms with van der Waals surface area (Å²) >= 11 is 0. The van der Waals surface area contributed by atoms with E-state index in [1.807, 2.05) is 60.7 Å². The van der Waals surface area contributed by atoms with Crippen LogP contribution in [0.3, 0.4) is 0 Å². The van der Waals surface area contributed by atoms with Gasteiger partial charge < -0.3 is 14.4 Å². The minimum atomic E-state index is -4.97. The van der Waals surface area contributed by atoms with Crippen LogP contribution in [-0.2, 0) is 24.4 Å². The maximum Gasteiger partial charge on any atom is 0.471 e. The molecule has 0 aliphatic carbocycles. The first-order chi connectivity index (χ1) is 16.4. The van der Waals surface area contributed by atoms with Crippen molar-refractivity contribution in [3.8, 4) is 11.5 Å². The quantitative estimate of drug-likeness (QED) is 0.399. The molecule has 0 saturated heterocycles. The van der Waals surface area contributed by atoms with Crippen LogP contribution in [-0.4, -0.2) is 23.5 Å². The van der Waals surface area contributed by atoms with E-state index in [4.69, 9.17) is 9.47 Å². The van der Waals surface area contributed by atoms with Crippen molar-refractivity contribution in [3.05, 3.63) is 108 Å². The van der Waals surface area contributed by atoms with Gasteiger partial charge in [0.1, 0.15) is 24.7 Å². The van der Waals surface area contributed by atoms with E-state index < -0.39 is 18.1 Å².